The standard InChI is InChI=1S/C15H12FN3O2/c1-20-12-7-13(21-2)19-11-6-8-5-9(16)3-4-10(8)14(11)18-15(19)17-12/h3-5,7H,6H2,1-2H3. The molecule has 0 saturated carbocycles. The predicted molar refractivity (Wildman–Crippen MR) is 74.3 cm³/mol. The molecule has 5 nitrogen and oxygen atoms in total. The van der Waals surface area contributed by atoms with Gasteiger partial charge >= 0.3 is 0 Å². The molecular formula is C15H12FN3O2. The minimum atomic E-state index is -0.236. The summed E-state index contributed by atoms with van der Waals surface area (Å²) in [5.74, 6) is 1.33. The number of aromatic nitrogens is 3. The van der Waals surface area contributed by atoms with Crippen molar-refractivity contribution in [2.45, 2.75) is 6.42 Å². The monoisotopic (exact) mass is 285 g/mol. The summed E-state index contributed by atoms with van der Waals surface area (Å²) in [6.07, 6.45) is 0.605. The lowest BCUT2D eigenvalue weighted by Gasteiger charge is -2.08. The van der Waals surface area contributed by atoms with Crippen LogP contribution in [0.2, 0.25) is 0 Å². The Bertz CT molecular complexity index is 873. The lowest BCUT2D eigenvalue weighted by atomic mass is 10.1. The van der Waals surface area contributed by atoms with Gasteiger partial charge in [-0.3, -0.25) is 4.40 Å². The number of benzene rings is 1. The van der Waals surface area contributed by atoms with Crippen LogP contribution in [0.15, 0.2) is 24.3 Å². The van der Waals surface area contributed by atoms with Gasteiger partial charge in [-0.2, -0.15) is 4.98 Å². The van der Waals surface area contributed by atoms with Crippen LogP contribution in [0.5, 0.6) is 11.8 Å². The van der Waals surface area contributed by atoms with Crippen molar-refractivity contribution in [1.82, 2.24) is 14.4 Å². The number of imidazole rings is 1. The third kappa shape index (κ3) is 1.62. The lowest BCUT2D eigenvalue weighted by Crippen LogP contribution is -2.01. The Morgan fingerprint density at radius 2 is 2.00 bits per heavy atom. The van der Waals surface area contributed by atoms with Gasteiger partial charge in [0.2, 0.25) is 17.5 Å². The molecular weight excluding hydrogens is 273 g/mol. The average molecular weight is 285 g/mol. The van der Waals surface area contributed by atoms with E-state index >= 15 is 0 Å². The molecule has 0 unspecified atom stereocenters. The fourth-order valence-electron chi connectivity index (χ4n) is 2.80. The maximum atomic E-state index is 13.4. The molecule has 0 aliphatic heterocycles. The van der Waals surface area contributed by atoms with Crippen LogP contribution in [0.4, 0.5) is 4.39 Å². The van der Waals surface area contributed by atoms with Crippen LogP contribution in [0.3, 0.4) is 0 Å². The Morgan fingerprint density at radius 1 is 1.14 bits per heavy atom. The highest BCUT2D eigenvalue weighted by molar-refractivity contribution is 5.75. The summed E-state index contributed by atoms with van der Waals surface area (Å²) in [6.45, 7) is 0. The molecule has 1 aromatic carbocycles. The first-order valence-corrected chi connectivity index (χ1v) is 6.50. The Hall–Kier alpha value is -2.63. The highest BCUT2D eigenvalue weighted by Crippen LogP contribution is 2.38. The van der Waals surface area contributed by atoms with Gasteiger partial charge in [-0.15, -0.1) is 0 Å². The molecule has 106 valence electrons. The summed E-state index contributed by atoms with van der Waals surface area (Å²) >= 11 is 0. The summed E-state index contributed by atoms with van der Waals surface area (Å²) in [5.41, 5.74) is 3.65. The van der Waals surface area contributed by atoms with E-state index in [-0.39, 0.29) is 5.82 Å². The normalized spacial score (nSPS) is 12.3. The molecule has 0 bridgehead atoms. The number of methoxy groups -OCH3 is 2. The van der Waals surface area contributed by atoms with Crippen molar-refractivity contribution in [2.75, 3.05) is 14.2 Å². The molecule has 0 atom stereocenters. The smallest absolute Gasteiger partial charge is 0.240 e. The second-order valence-corrected chi connectivity index (χ2v) is 4.86. The Morgan fingerprint density at radius 3 is 2.76 bits per heavy atom. The van der Waals surface area contributed by atoms with Crippen molar-refractivity contribution < 1.29 is 13.9 Å². The minimum absolute atomic E-state index is 0.236. The molecule has 1 aliphatic carbocycles. The molecule has 2 aromatic heterocycles. The molecule has 2 heterocycles. The van der Waals surface area contributed by atoms with E-state index in [0.29, 0.717) is 24.0 Å². The molecule has 0 amide bonds. The van der Waals surface area contributed by atoms with E-state index in [1.54, 1.807) is 32.4 Å². The predicted octanol–water partition coefficient (Wildman–Crippen LogP) is 2.46. The number of halogens is 1. The second-order valence-electron chi connectivity index (χ2n) is 4.86. The van der Waals surface area contributed by atoms with Crippen LogP contribution in [0.1, 0.15) is 11.3 Å². The average Bonchev–Trinajstić information content (AvgIpc) is 3.00. The van der Waals surface area contributed by atoms with Gasteiger partial charge in [0.05, 0.1) is 31.7 Å². The summed E-state index contributed by atoms with van der Waals surface area (Å²) in [7, 11) is 3.13. The quantitative estimate of drug-likeness (QED) is 0.567. The number of rotatable bonds is 2. The largest absolute Gasteiger partial charge is 0.482 e. The molecule has 0 fully saturated rings. The molecule has 6 heteroatoms. The van der Waals surface area contributed by atoms with E-state index < -0.39 is 0 Å². The van der Waals surface area contributed by atoms with Crippen molar-refractivity contribution >= 4 is 5.78 Å². The van der Waals surface area contributed by atoms with Crippen molar-refractivity contribution in [3.05, 3.63) is 41.3 Å². The number of ether oxygens (including phenoxy) is 2. The zero-order valence-electron chi connectivity index (χ0n) is 11.6. The fourth-order valence-corrected chi connectivity index (χ4v) is 2.80. The molecule has 3 aromatic rings. The van der Waals surface area contributed by atoms with E-state index in [1.165, 1.54) is 6.07 Å². The van der Waals surface area contributed by atoms with E-state index in [2.05, 4.69) is 9.97 Å². The Balaban J connectivity index is 2.01. The van der Waals surface area contributed by atoms with Crippen LogP contribution >= 0.6 is 0 Å². The van der Waals surface area contributed by atoms with Gasteiger partial charge in [0.1, 0.15) is 5.82 Å². The number of nitrogens with zero attached hydrogens (tertiary/aromatic N) is 3. The van der Waals surface area contributed by atoms with E-state index in [1.807, 2.05) is 4.40 Å². The molecule has 0 N–H and O–H groups in total. The Kier molecular flexibility index (Phi) is 2.42. The molecule has 0 radical (unpaired) electrons. The number of hydrogen-bond donors (Lipinski definition) is 0. The maximum absolute atomic E-state index is 13.4. The number of fused-ring (bicyclic) bond motifs is 5. The fraction of sp³-hybridized carbons (Fsp3) is 0.200. The van der Waals surface area contributed by atoms with Gasteiger partial charge in [-0.1, -0.05) is 0 Å². The lowest BCUT2D eigenvalue weighted by molar-refractivity contribution is 0.369. The van der Waals surface area contributed by atoms with Crippen molar-refractivity contribution in [3.63, 3.8) is 0 Å². The van der Waals surface area contributed by atoms with Gasteiger partial charge in [0, 0.05) is 12.0 Å². The van der Waals surface area contributed by atoms with E-state index in [4.69, 9.17) is 9.47 Å². The molecule has 1 aliphatic rings. The van der Waals surface area contributed by atoms with Crippen LogP contribution in [0.25, 0.3) is 17.0 Å². The van der Waals surface area contributed by atoms with Gasteiger partial charge in [0.15, 0.2) is 0 Å². The minimum Gasteiger partial charge on any atom is -0.482 e. The molecule has 0 saturated heterocycles. The Labute approximate surface area is 120 Å². The van der Waals surface area contributed by atoms with Crippen LogP contribution in [-0.2, 0) is 6.42 Å². The highest BCUT2D eigenvalue weighted by Gasteiger charge is 2.27. The van der Waals surface area contributed by atoms with Crippen LogP contribution < -0.4 is 9.47 Å². The summed E-state index contributed by atoms with van der Waals surface area (Å²) in [4.78, 5) is 8.88. The van der Waals surface area contributed by atoms with Gasteiger partial charge in [0.25, 0.3) is 0 Å². The topological polar surface area (TPSA) is 48.7 Å². The number of hydrogen-bond acceptors (Lipinski definition) is 4. The zero-order valence-corrected chi connectivity index (χ0v) is 11.6. The van der Waals surface area contributed by atoms with Gasteiger partial charge < -0.3 is 9.47 Å². The molecule has 21 heavy (non-hydrogen) atoms. The summed E-state index contributed by atoms with van der Waals surface area (Å²) < 4.78 is 25.8. The maximum Gasteiger partial charge on any atom is 0.240 e. The highest BCUT2D eigenvalue weighted by atomic mass is 19.1. The first kappa shape index (κ1) is 12.1. The summed E-state index contributed by atoms with van der Waals surface area (Å²) in [6, 6.07) is 6.46. The molecule has 0 spiro atoms. The second kappa shape index (κ2) is 4.18. The van der Waals surface area contributed by atoms with Crippen molar-refractivity contribution in [3.8, 4) is 23.0 Å². The van der Waals surface area contributed by atoms with Crippen molar-refractivity contribution in [2.24, 2.45) is 0 Å². The van der Waals surface area contributed by atoms with Crippen LogP contribution in [-0.4, -0.2) is 28.6 Å². The third-order valence-electron chi connectivity index (χ3n) is 3.73. The summed E-state index contributed by atoms with van der Waals surface area (Å²) in [5, 5.41) is 0. The van der Waals surface area contributed by atoms with Crippen LogP contribution in [0, 0.1) is 5.82 Å². The first-order chi connectivity index (χ1) is 10.2. The van der Waals surface area contributed by atoms with Gasteiger partial charge in [-0.05, 0) is 23.8 Å². The zero-order chi connectivity index (χ0) is 14.6. The SMILES string of the molecule is COc1cc(OC)n2c3c(nc2n1)-c1ccc(F)cc1C3. The third-order valence-corrected chi connectivity index (χ3v) is 3.73. The first-order valence-electron chi connectivity index (χ1n) is 6.50. The molecule has 4 rings (SSSR count). The van der Waals surface area contributed by atoms with E-state index in [9.17, 15) is 4.39 Å². The van der Waals surface area contributed by atoms with E-state index in [0.717, 1.165) is 22.5 Å². The van der Waals surface area contributed by atoms with Gasteiger partial charge in [-0.25, -0.2) is 9.37 Å². The van der Waals surface area contributed by atoms with Crippen molar-refractivity contribution in [1.29, 1.82) is 0 Å².